The number of nitrogens with zero attached hydrogens (tertiary/aromatic N) is 2. The van der Waals surface area contributed by atoms with Gasteiger partial charge in [-0.1, -0.05) is 29.8 Å². The molecule has 25 heavy (non-hydrogen) atoms. The molecule has 0 spiro atoms. The van der Waals surface area contributed by atoms with Crippen LogP contribution >= 0.6 is 0 Å². The number of aryl methyl sites for hydroxylation is 1. The van der Waals surface area contributed by atoms with Gasteiger partial charge >= 0.3 is 0 Å². The second-order valence-electron chi connectivity index (χ2n) is 5.59. The monoisotopic (exact) mass is 331 g/mol. The fourth-order valence-corrected chi connectivity index (χ4v) is 2.63. The lowest BCUT2D eigenvalue weighted by molar-refractivity contribution is -0.384. The third kappa shape index (κ3) is 3.16. The molecule has 0 amide bonds. The van der Waals surface area contributed by atoms with E-state index in [4.69, 9.17) is 0 Å². The summed E-state index contributed by atoms with van der Waals surface area (Å²) in [4.78, 5) is 25.3. The molecule has 122 valence electrons. The maximum absolute atomic E-state index is 12.3. The number of non-ortho nitro benzene ring substituents is 1. The van der Waals surface area contributed by atoms with Crippen LogP contribution in [-0.2, 0) is 0 Å². The predicted octanol–water partition coefficient (Wildman–Crippen LogP) is 3.80. The Hall–Kier alpha value is -3.72. The van der Waals surface area contributed by atoms with Gasteiger partial charge < -0.3 is 4.98 Å². The summed E-state index contributed by atoms with van der Waals surface area (Å²) in [6.07, 6.45) is 0. The summed E-state index contributed by atoms with van der Waals surface area (Å²) < 4.78 is 0. The Bertz CT molecular complexity index is 1060. The van der Waals surface area contributed by atoms with E-state index in [1.165, 1.54) is 12.1 Å². The number of nitrogens with one attached hydrogen (secondary N) is 1. The molecule has 0 aliphatic heterocycles. The van der Waals surface area contributed by atoms with E-state index < -0.39 is 10.5 Å². The molecule has 0 aliphatic rings. The molecular weight excluding hydrogens is 318 g/mol. The zero-order valence-electron chi connectivity index (χ0n) is 13.3. The normalized spacial score (nSPS) is 10.2. The minimum absolute atomic E-state index is 0.0290. The number of hydrogen-bond acceptors (Lipinski definition) is 4. The van der Waals surface area contributed by atoms with Gasteiger partial charge in [0, 0.05) is 23.4 Å². The Morgan fingerprint density at radius 2 is 1.80 bits per heavy atom. The zero-order chi connectivity index (χ0) is 18.0. The maximum atomic E-state index is 12.3. The average Bonchev–Trinajstić information content (AvgIpc) is 2.61. The zero-order valence-corrected chi connectivity index (χ0v) is 13.3. The fraction of sp³-hybridized carbons (Fsp3) is 0.0526. The first kappa shape index (κ1) is 16.1. The van der Waals surface area contributed by atoms with Crippen molar-refractivity contribution < 1.29 is 4.92 Å². The molecule has 0 fully saturated rings. The third-order valence-corrected chi connectivity index (χ3v) is 3.86. The van der Waals surface area contributed by atoms with Crippen LogP contribution in [0.25, 0.3) is 22.4 Å². The summed E-state index contributed by atoms with van der Waals surface area (Å²) in [5.41, 5.74) is 2.95. The molecule has 2 aromatic carbocycles. The molecule has 1 N–H and O–H groups in total. The first-order valence-corrected chi connectivity index (χ1v) is 7.49. The van der Waals surface area contributed by atoms with E-state index in [-0.39, 0.29) is 11.3 Å². The number of nitriles is 1. The Kier molecular flexibility index (Phi) is 4.14. The number of pyridine rings is 1. The molecule has 0 aliphatic carbocycles. The van der Waals surface area contributed by atoms with Gasteiger partial charge in [0.2, 0.25) is 0 Å². The summed E-state index contributed by atoms with van der Waals surface area (Å²) in [5, 5.41) is 20.1. The highest BCUT2D eigenvalue weighted by atomic mass is 16.6. The molecule has 0 atom stereocenters. The van der Waals surface area contributed by atoms with Crippen molar-refractivity contribution in [1.29, 1.82) is 5.26 Å². The van der Waals surface area contributed by atoms with Gasteiger partial charge in [0.05, 0.1) is 4.92 Å². The third-order valence-electron chi connectivity index (χ3n) is 3.86. The molecule has 0 bridgehead atoms. The number of nitro groups is 1. The number of H-pyrrole nitrogens is 1. The van der Waals surface area contributed by atoms with Gasteiger partial charge in [-0.05, 0) is 36.2 Å². The molecule has 3 rings (SSSR count). The molecule has 6 heteroatoms. The summed E-state index contributed by atoms with van der Waals surface area (Å²) in [7, 11) is 0. The van der Waals surface area contributed by atoms with Crippen LogP contribution in [0, 0.1) is 28.4 Å². The van der Waals surface area contributed by atoms with Gasteiger partial charge in [-0.15, -0.1) is 0 Å². The lowest BCUT2D eigenvalue weighted by atomic mass is 9.98. The van der Waals surface area contributed by atoms with Gasteiger partial charge in [-0.2, -0.15) is 5.26 Å². The number of aromatic amines is 1. The molecule has 1 heterocycles. The molecule has 0 saturated heterocycles. The number of rotatable bonds is 3. The van der Waals surface area contributed by atoms with Crippen LogP contribution in [0.4, 0.5) is 5.69 Å². The van der Waals surface area contributed by atoms with Crippen molar-refractivity contribution in [1.82, 2.24) is 4.98 Å². The van der Waals surface area contributed by atoms with E-state index >= 15 is 0 Å². The molecule has 1 aromatic heterocycles. The highest BCUT2D eigenvalue weighted by Gasteiger charge is 2.13. The van der Waals surface area contributed by atoms with Crippen molar-refractivity contribution in [2.75, 3.05) is 0 Å². The van der Waals surface area contributed by atoms with E-state index in [0.29, 0.717) is 16.8 Å². The topological polar surface area (TPSA) is 99.8 Å². The molecule has 0 radical (unpaired) electrons. The second kappa shape index (κ2) is 6.42. The van der Waals surface area contributed by atoms with Crippen LogP contribution in [0.2, 0.25) is 0 Å². The van der Waals surface area contributed by atoms with Crippen LogP contribution in [0.1, 0.15) is 11.1 Å². The van der Waals surface area contributed by atoms with E-state index in [0.717, 1.165) is 11.1 Å². The van der Waals surface area contributed by atoms with Crippen molar-refractivity contribution >= 4 is 5.69 Å². The van der Waals surface area contributed by atoms with E-state index in [1.807, 2.05) is 37.3 Å². The van der Waals surface area contributed by atoms with Crippen LogP contribution in [0.5, 0.6) is 0 Å². The van der Waals surface area contributed by atoms with Gasteiger partial charge in [-0.3, -0.25) is 14.9 Å². The molecule has 3 aromatic rings. The van der Waals surface area contributed by atoms with Gasteiger partial charge in [0.15, 0.2) is 0 Å². The molecular formula is C19H13N3O3. The van der Waals surface area contributed by atoms with Crippen molar-refractivity contribution in [2.24, 2.45) is 0 Å². The highest BCUT2D eigenvalue weighted by Crippen LogP contribution is 2.27. The number of hydrogen-bond donors (Lipinski definition) is 1. The Labute approximate surface area is 143 Å². The predicted molar refractivity (Wildman–Crippen MR) is 94.0 cm³/mol. The van der Waals surface area contributed by atoms with Gasteiger partial charge in [0.25, 0.3) is 11.2 Å². The Morgan fingerprint density at radius 3 is 2.40 bits per heavy atom. The highest BCUT2D eigenvalue weighted by molar-refractivity contribution is 5.75. The first-order chi connectivity index (χ1) is 12.0. The van der Waals surface area contributed by atoms with Gasteiger partial charge in [-0.25, -0.2) is 0 Å². The number of nitro benzene ring substituents is 1. The van der Waals surface area contributed by atoms with Crippen LogP contribution in [0.15, 0.2) is 59.4 Å². The summed E-state index contributed by atoms with van der Waals surface area (Å²) in [6, 6.07) is 17.1. The van der Waals surface area contributed by atoms with Crippen molar-refractivity contribution in [3.05, 3.63) is 86.2 Å². The summed E-state index contributed by atoms with van der Waals surface area (Å²) in [5.74, 6) is 0. The molecule has 0 saturated carbocycles. The van der Waals surface area contributed by atoms with Crippen molar-refractivity contribution in [2.45, 2.75) is 6.92 Å². The minimum atomic E-state index is -0.491. The molecule has 0 unspecified atom stereocenters. The molecule has 6 nitrogen and oxygen atoms in total. The summed E-state index contributed by atoms with van der Waals surface area (Å²) >= 11 is 0. The van der Waals surface area contributed by atoms with Crippen molar-refractivity contribution in [3.8, 4) is 28.5 Å². The smallest absolute Gasteiger partial charge is 0.269 e. The van der Waals surface area contributed by atoms with Crippen LogP contribution < -0.4 is 5.56 Å². The second-order valence-corrected chi connectivity index (χ2v) is 5.59. The first-order valence-electron chi connectivity index (χ1n) is 7.49. The number of aromatic nitrogens is 1. The lowest BCUT2D eigenvalue weighted by Gasteiger charge is -2.09. The average molecular weight is 331 g/mol. The van der Waals surface area contributed by atoms with E-state index in [9.17, 15) is 20.2 Å². The maximum Gasteiger partial charge on any atom is 0.269 e. The lowest BCUT2D eigenvalue weighted by Crippen LogP contribution is -2.12. The van der Waals surface area contributed by atoms with Crippen molar-refractivity contribution in [3.63, 3.8) is 0 Å². The standard InChI is InChI=1S/C19H13N3O3/c1-12-3-2-4-14(9-12)16-10-18(21-19(23)17(16)11-20)13-5-7-15(8-6-13)22(24)25/h2-10H,1H3,(H,21,23). The Morgan fingerprint density at radius 1 is 1.08 bits per heavy atom. The minimum Gasteiger partial charge on any atom is -0.321 e. The quantitative estimate of drug-likeness (QED) is 0.583. The van der Waals surface area contributed by atoms with Crippen LogP contribution in [-0.4, -0.2) is 9.91 Å². The largest absolute Gasteiger partial charge is 0.321 e. The Balaban J connectivity index is 2.18. The SMILES string of the molecule is Cc1cccc(-c2cc(-c3ccc([N+](=O)[O-])cc3)[nH]c(=O)c2C#N)c1. The number of benzene rings is 2. The van der Waals surface area contributed by atoms with E-state index in [2.05, 4.69) is 4.98 Å². The van der Waals surface area contributed by atoms with Gasteiger partial charge in [0.1, 0.15) is 11.6 Å². The van der Waals surface area contributed by atoms with Crippen LogP contribution in [0.3, 0.4) is 0 Å². The fourth-order valence-electron chi connectivity index (χ4n) is 2.63. The summed E-state index contributed by atoms with van der Waals surface area (Å²) in [6.45, 7) is 1.93. The van der Waals surface area contributed by atoms with E-state index in [1.54, 1.807) is 18.2 Å².